The van der Waals surface area contributed by atoms with E-state index in [9.17, 15) is 13.2 Å². The van der Waals surface area contributed by atoms with Gasteiger partial charge >= 0.3 is 6.18 Å². The highest BCUT2D eigenvalue weighted by molar-refractivity contribution is 5.69. The Morgan fingerprint density at radius 3 is 2.46 bits per heavy atom. The Hall–Kier alpha value is -2.30. The average Bonchev–Trinajstić information content (AvgIpc) is 2.85. The van der Waals surface area contributed by atoms with Gasteiger partial charge in [0.05, 0.1) is 17.0 Å². The molecule has 0 aliphatic heterocycles. The van der Waals surface area contributed by atoms with Crippen molar-refractivity contribution in [1.82, 2.24) is 9.38 Å². The Labute approximate surface area is 139 Å². The first-order valence-corrected chi connectivity index (χ1v) is 7.71. The van der Waals surface area contributed by atoms with Crippen molar-refractivity contribution in [2.24, 2.45) is 0 Å². The lowest BCUT2D eigenvalue weighted by Gasteiger charge is -2.12. The molecule has 3 rings (SSSR count). The normalized spacial score (nSPS) is 12.3. The number of imidazole rings is 1. The molecule has 3 aromatic rings. The maximum Gasteiger partial charge on any atom is 0.416 e. The topological polar surface area (TPSA) is 17.3 Å². The van der Waals surface area contributed by atoms with Gasteiger partial charge in [-0.3, -0.25) is 4.40 Å². The van der Waals surface area contributed by atoms with Crippen LogP contribution in [-0.4, -0.2) is 9.38 Å². The molecule has 0 saturated heterocycles. The largest absolute Gasteiger partial charge is 0.416 e. The van der Waals surface area contributed by atoms with E-state index in [1.807, 2.05) is 43.4 Å². The summed E-state index contributed by atoms with van der Waals surface area (Å²) in [6, 6.07) is 11.2. The number of pyridine rings is 1. The molecule has 0 N–H and O–H groups in total. The van der Waals surface area contributed by atoms with Gasteiger partial charge in [0.25, 0.3) is 0 Å². The number of halogens is 3. The van der Waals surface area contributed by atoms with Crippen LogP contribution in [0.25, 0.3) is 16.9 Å². The lowest BCUT2D eigenvalue weighted by molar-refractivity contribution is -0.137. The van der Waals surface area contributed by atoms with Crippen molar-refractivity contribution in [1.29, 1.82) is 0 Å². The lowest BCUT2D eigenvalue weighted by atomic mass is 10.0. The second-order valence-corrected chi connectivity index (χ2v) is 6.23. The van der Waals surface area contributed by atoms with Crippen LogP contribution in [0.4, 0.5) is 13.2 Å². The second kappa shape index (κ2) is 5.96. The van der Waals surface area contributed by atoms with Gasteiger partial charge < -0.3 is 0 Å². The van der Waals surface area contributed by atoms with E-state index in [4.69, 9.17) is 0 Å². The van der Waals surface area contributed by atoms with Gasteiger partial charge in [-0.1, -0.05) is 32.0 Å². The third-order valence-electron chi connectivity index (χ3n) is 3.90. The van der Waals surface area contributed by atoms with E-state index in [1.54, 1.807) is 6.07 Å². The zero-order valence-corrected chi connectivity index (χ0v) is 13.8. The van der Waals surface area contributed by atoms with Gasteiger partial charge in [0.1, 0.15) is 5.65 Å². The predicted molar refractivity (Wildman–Crippen MR) is 88.7 cm³/mol. The molecular formula is C19H18F3N2. The van der Waals surface area contributed by atoms with Crippen LogP contribution < -0.4 is 0 Å². The van der Waals surface area contributed by atoms with Crippen LogP contribution in [0.1, 0.15) is 30.8 Å². The fourth-order valence-corrected chi connectivity index (χ4v) is 2.90. The summed E-state index contributed by atoms with van der Waals surface area (Å²) in [6.45, 7) is 5.91. The van der Waals surface area contributed by atoms with Crippen LogP contribution in [0.3, 0.4) is 0 Å². The maximum atomic E-state index is 13.1. The van der Waals surface area contributed by atoms with Crippen LogP contribution in [0.5, 0.6) is 0 Å². The Morgan fingerprint density at radius 2 is 1.79 bits per heavy atom. The van der Waals surface area contributed by atoms with Crippen molar-refractivity contribution < 1.29 is 13.2 Å². The monoisotopic (exact) mass is 331 g/mol. The van der Waals surface area contributed by atoms with E-state index < -0.39 is 11.7 Å². The van der Waals surface area contributed by atoms with Crippen molar-refractivity contribution in [2.45, 2.75) is 33.4 Å². The van der Waals surface area contributed by atoms with Crippen molar-refractivity contribution in [3.63, 3.8) is 0 Å². The molecule has 125 valence electrons. The summed E-state index contributed by atoms with van der Waals surface area (Å²) in [5.74, 6) is 1.16. The standard InChI is InChI=1S/C19H18F3N2/c1-12(2)10-16-18(24-13(3)6-4-9-17(24)23-16)14-7-5-8-15(11-14)19(20,21)22/h4-9,11H,10H2,1-3H3. The van der Waals surface area contributed by atoms with Crippen molar-refractivity contribution in [3.8, 4) is 11.3 Å². The maximum absolute atomic E-state index is 13.1. The third kappa shape index (κ3) is 3.03. The van der Waals surface area contributed by atoms with Gasteiger partial charge in [-0.05, 0) is 43.5 Å². The smallest absolute Gasteiger partial charge is 0.297 e. The Morgan fingerprint density at radius 1 is 1.08 bits per heavy atom. The van der Waals surface area contributed by atoms with E-state index in [0.717, 1.165) is 34.7 Å². The van der Waals surface area contributed by atoms with Crippen LogP contribution in [0, 0.1) is 12.8 Å². The fourth-order valence-electron chi connectivity index (χ4n) is 2.90. The van der Waals surface area contributed by atoms with Gasteiger partial charge in [0, 0.05) is 11.3 Å². The number of fused-ring (bicyclic) bond motifs is 1. The highest BCUT2D eigenvalue weighted by Gasteiger charge is 2.31. The summed E-state index contributed by atoms with van der Waals surface area (Å²) < 4.78 is 41.2. The van der Waals surface area contributed by atoms with Crippen molar-refractivity contribution in [3.05, 3.63) is 65.3 Å². The number of hydrogen-bond donors (Lipinski definition) is 0. The molecule has 0 bridgehead atoms. The highest BCUT2D eigenvalue weighted by atomic mass is 19.4. The van der Waals surface area contributed by atoms with E-state index >= 15 is 0 Å². The van der Waals surface area contributed by atoms with Crippen molar-refractivity contribution >= 4 is 5.65 Å². The number of hydrogen-bond acceptors (Lipinski definition) is 1. The molecule has 1 radical (unpaired) electrons. The fraction of sp³-hybridized carbons (Fsp3) is 0.263. The SMILES string of the molecule is C[C](C)Cc1nc2cccc(C)n2c1-c1cccc(C(F)(F)F)c1. The Kier molecular flexibility index (Phi) is 4.11. The van der Waals surface area contributed by atoms with Gasteiger partial charge in [-0.2, -0.15) is 13.2 Å². The van der Waals surface area contributed by atoms with Crippen LogP contribution in [0.2, 0.25) is 0 Å². The molecule has 24 heavy (non-hydrogen) atoms. The molecule has 2 heterocycles. The molecular weight excluding hydrogens is 313 g/mol. The van der Waals surface area contributed by atoms with E-state index in [-0.39, 0.29) is 0 Å². The zero-order valence-electron chi connectivity index (χ0n) is 13.8. The molecule has 0 unspecified atom stereocenters. The first-order chi connectivity index (χ1) is 11.3. The molecule has 2 aromatic heterocycles. The van der Waals surface area contributed by atoms with Crippen LogP contribution >= 0.6 is 0 Å². The molecule has 0 aliphatic carbocycles. The number of aryl methyl sites for hydroxylation is 1. The van der Waals surface area contributed by atoms with Gasteiger partial charge in [0.15, 0.2) is 0 Å². The van der Waals surface area contributed by atoms with Gasteiger partial charge in [-0.25, -0.2) is 4.98 Å². The summed E-state index contributed by atoms with van der Waals surface area (Å²) >= 11 is 0. The summed E-state index contributed by atoms with van der Waals surface area (Å²) in [4.78, 5) is 4.64. The number of nitrogens with zero attached hydrogens (tertiary/aromatic N) is 2. The van der Waals surface area contributed by atoms with Crippen LogP contribution in [0.15, 0.2) is 42.5 Å². The molecule has 0 spiro atoms. The Bertz CT molecular complexity index is 876. The summed E-state index contributed by atoms with van der Waals surface area (Å²) in [5, 5.41) is 0. The molecule has 0 fully saturated rings. The summed E-state index contributed by atoms with van der Waals surface area (Å²) in [6.07, 6.45) is -3.73. The van der Waals surface area contributed by atoms with Crippen molar-refractivity contribution in [2.75, 3.05) is 0 Å². The second-order valence-electron chi connectivity index (χ2n) is 6.23. The van der Waals surface area contributed by atoms with Crippen LogP contribution in [-0.2, 0) is 12.6 Å². The molecule has 0 atom stereocenters. The minimum absolute atomic E-state index is 0.530. The highest BCUT2D eigenvalue weighted by Crippen LogP contribution is 2.34. The molecule has 5 heteroatoms. The first-order valence-electron chi connectivity index (χ1n) is 7.71. The number of aromatic nitrogens is 2. The molecule has 0 saturated carbocycles. The van der Waals surface area contributed by atoms with Gasteiger partial charge in [-0.15, -0.1) is 0 Å². The van der Waals surface area contributed by atoms with Gasteiger partial charge in [0.2, 0.25) is 0 Å². The first kappa shape index (κ1) is 16.6. The summed E-state index contributed by atoms with van der Waals surface area (Å²) in [5.41, 5.74) is 3.10. The number of benzene rings is 1. The molecule has 1 aromatic carbocycles. The number of alkyl halides is 3. The minimum atomic E-state index is -4.36. The average molecular weight is 331 g/mol. The lowest BCUT2D eigenvalue weighted by Crippen LogP contribution is -2.05. The molecule has 2 nitrogen and oxygen atoms in total. The van der Waals surface area contributed by atoms with E-state index in [1.165, 1.54) is 12.1 Å². The van der Waals surface area contributed by atoms with E-state index in [2.05, 4.69) is 4.98 Å². The number of rotatable bonds is 3. The van der Waals surface area contributed by atoms with E-state index in [0.29, 0.717) is 12.0 Å². The summed E-state index contributed by atoms with van der Waals surface area (Å²) in [7, 11) is 0. The minimum Gasteiger partial charge on any atom is -0.297 e. The zero-order chi connectivity index (χ0) is 17.5. The Balaban J connectivity index is 2.28. The quantitative estimate of drug-likeness (QED) is 0.621. The predicted octanol–water partition coefficient (Wildman–Crippen LogP) is 5.49. The molecule has 0 aliphatic rings. The molecule has 0 amide bonds. The third-order valence-corrected chi connectivity index (χ3v) is 3.90.